The van der Waals surface area contributed by atoms with Gasteiger partial charge in [0.05, 0.1) is 77.1 Å². The number of carbonyl (C=O) groups is 5. The molecule has 0 spiro atoms. The average molecular weight is 970 g/mol. The fourth-order valence-electron chi connectivity index (χ4n) is 8.84. The second kappa shape index (κ2) is 29.7. The first-order chi connectivity index (χ1) is 32.5. The number of hydrogen-bond acceptors (Lipinski definition) is 12. The zero-order valence-corrected chi connectivity index (χ0v) is 42.1. The zero-order valence-electron chi connectivity index (χ0n) is 41.3. The largest absolute Gasteiger partial charge is 0.458 e. The van der Waals surface area contributed by atoms with Crippen molar-refractivity contribution in [3.8, 4) is 0 Å². The Bertz CT molecular complexity index is 1840. The minimum Gasteiger partial charge on any atom is -0.458 e. The lowest BCUT2D eigenvalue weighted by atomic mass is 9.68. The van der Waals surface area contributed by atoms with Crippen molar-refractivity contribution in [2.24, 2.45) is 23.2 Å². The van der Waals surface area contributed by atoms with Crippen LogP contribution in [-0.2, 0) is 42.9 Å². The monoisotopic (exact) mass is 970 g/mol. The standard InChI is InChI=1S/C51H79N5O11S/c1-34-11-10-14-46(60)67-49(37(4)48(61)38(5)53-39(6)57)36(3)16-15-35(2)31-40-17-18-41(32-51(40,7)21-19-34)54-45(59)20-23-63-25-27-65-29-30-66-28-26-64-24-22-52-44(58)13-9-8-12-43-47-42(33-68-43)55-50(62)56-47/h10-11,14-19,21,31,36-38,40-43,47-49,61H,8-9,12-13,20,22-30,32-33H2,1-7H3,(H,52,58)(H,53,57)(H,54,59)(H2,55,56,62)/b14-10+,16-15+,21-19+,34-11-,35-31+/t36-,37-,38-,40-,41-,42+,43+,47+,48+,49-,51-/m1/s1. The molecule has 0 radical (unpaired) electrons. The summed E-state index contributed by atoms with van der Waals surface area (Å²) in [7, 11) is 0. The Balaban J connectivity index is 1.09. The van der Waals surface area contributed by atoms with Crippen LogP contribution in [0.2, 0.25) is 0 Å². The molecule has 6 N–H and O–H groups in total. The van der Waals surface area contributed by atoms with Gasteiger partial charge in [-0.15, -0.1) is 0 Å². The van der Waals surface area contributed by atoms with E-state index in [4.69, 9.17) is 23.7 Å². The number of cyclic esters (lactones) is 1. The first-order valence-corrected chi connectivity index (χ1v) is 25.4. The minimum absolute atomic E-state index is 0.0221. The Hall–Kier alpha value is -4.26. The van der Waals surface area contributed by atoms with Crippen LogP contribution in [0.5, 0.6) is 0 Å². The van der Waals surface area contributed by atoms with Gasteiger partial charge in [0.1, 0.15) is 6.10 Å². The van der Waals surface area contributed by atoms with Crippen LogP contribution >= 0.6 is 11.8 Å². The van der Waals surface area contributed by atoms with Crippen LogP contribution < -0.4 is 26.6 Å². The Morgan fingerprint density at radius 2 is 1.57 bits per heavy atom. The highest BCUT2D eigenvalue weighted by molar-refractivity contribution is 8.00. The molecule has 0 saturated carbocycles. The summed E-state index contributed by atoms with van der Waals surface area (Å²) in [6.07, 6.45) is 22.0. The number of thioether (sulfide) groups is 1. The highest BCUT2D eigenvalue weighted by Crippen LogP contribution is 2.41. The molecule has 4 rings (SSSR count). The fraction of sp³-hybridized carbons (Fsp3) is 0.667. The van der Waals surface area contributed by atoms with Crippen molar-refractivity contribution in [2.45, 2.75) is 129 Å². The molecule has 0 unspecified atom stereocenters. The van der Waals surface area contributed by atoms with Crippen LogP contribution in [0.25, 0.3) is 0 Å². The van der Waals surface area contributed by atoms with E-state index in [-0.39, 0.29) is 72.2 Å². The topological polar surface area (TPSA) is 212 Å². The summed E-state index contributed by atoms with van der Waals surface area (Å²) >= 11 is 1.89. The molecule has 4 aliphatic rings. The van der Waals surface area contributed by atoms with Crippen LogP contribution in [0.1, 0.15) is 87.0 Å². The Morgan fingerprint density at radius 3 is 2.28 bits per heavy atom. The van der Waals surface area contributed by atoms with Crippen LogP contribution in [0.4, 0.5) is 4.79 Å². The summed E-state index contributed by atoms with van der Waals surface area (Å²) in [5.41, 5.74) is 1.60. The average Bonchev–Trinajstić information content (AvgIpc) is 3.85. The number of carbonyl (C=O) groups excluding carboxylic acids is 5. The molecule has 0 aromatic rings. The molecule has 0 bridgehead atoms. The highest BCUT2D eigenvalue weighted by atomic mass is 32.2. The summed E-state index contributed by atoms with van der Waals surface area (Å²) in [4.78, 5) is 61.4. The van der Waals surface area contributed by atoms with E-state index in [1.807, 2.05) is 63.8 Å². The minimum atomic E-state index is -0.947. The third kappa shape index (κ3) is 20.0. The predicted molar refractivity (Wildman–Crippen MR) is 265 cm³/mol. The number of ether oxygens (including phenoxy) is 5. The summed E-state index contributed by atoms with van der Waals surface area (Å²) in [5.74, 6) is -0.609. The van der Waals surface area contributed by atoms with Crippen LogP contribution in [0, 0.1) is 23.2 Å². The predicted octanol–water partition coefficient (Wildman–Crippen LogP) is 5.00. The van der Waals surface area contributed by atoms with E-state index in [1.165, 1.54) is 13.0 Å². The van der Waals surface area contributed by atoms with Crippen molar-refractivity contribution in [1.29, 1.82) is 0 Å². The Morgan fingerprint density at radius 1 is 0.882 bits per heavy atom. The lowest BCUT2D eigenvalue weighted by molar-refractivity contribution is -0.151. The normalized spacial score (nSPS) is 30.3. The van der Waals surface area contributed by atoms with Gasteiger partial charge in [0.15, 0.2) is 0 Å². The molecular weight excluding hydrogens is 891 g/mol. The SMILES string of the molecule is CC(=O)N[C@H](C)[C@@H](O)[C@@H](C)[C@@H]1OC(=O)/C=C/C=C(C)\C=C\[C@]2(C)C[C@H](NC(=O)CCOCCOCCOCCOCCNC(=O)CCCC[C@@H]3SC[C@@H]4NC(=O)N[C@@H]43)C=C[C@@H]2/C=C(C)/C=C/[C@H]1C. The molecule has 17 heteroatoms. The van der Waals surface area contributed by atoms with Gasteiger partial charge >= 0.3 is 12.0 Å². The number of hydrogen-bond donors (Lipinski definition) is 6. The quantitative estimate of drug-likeness (QED) is 0.0309. The molecule has 2 saturated heterocycles. The van der Waals surface area contributed by atoms with Gasteiger partial charge in [-0.05, 0) is 45.4 Å². The number of esters is 1. The number of aliphatic hydroxyl groups is 1. The summed E-state index contributed by atoms with van der Waals surface area (Å²) in [5, 5.41) is 26.3. The summed E-state index contributed by atoms with van der Waals surface area (Å²) in [6, 6.07) is -0.353. The van der Waals surface area contributed by atoms with Gasteiger partial charge < -0.3 is 55.4 Å². The number of amides is 5. The molecule has 16 nitrogen and oxygen atoms in total. The number of rotatable bonds is 25. The molecule has 1 aliphatic carbocycles. The Labute approximate surface area is 408 Å². The van der Waals surface area contributed by atoms with Crippen LogP contribution in [-0.4, -0.2) is 142 Å². The van der Waals surface area contributed by atoms with Crippen molar-refractivity contribution in [3.05, 3.63) is 71.9 Å². The van der Waals surface area contributed by atoms with Crippen molar-refractivity contribution in [1.82, 2.24) is 26.6 Å². The van der Waals surface area contributed by atoms with Gasteiger partial charge in [0.25, 0.3) is 0 Å². The van der Waals surface area contributed by atoms with Gasteiger partial charge in [-0.3, -0.25) is 14.4 Å². The second-order valence-corrected chi connectivity index (χ2v) is 20.0. The van der Waals surface area contributed by atoms with Crippen molar-refractivity contribution in [2.75, 3.05) is 65.2 Å². The maximum Gasteiger partial charge on any atom is 0.331 e. The lowest BCUT2D eigenvalue weighted by Gasteiger charge is -2.39. The molecule has 5 amide bonds. The number of unbranched alkanes of at least 4 members (excludes halogenated alkanes) is 1. The molecule has 0 aromatic heterocycles. The first kappa shape index (κ1) is 56.3. The van der Waals surface area contributed by atoms with E-state index in [9.17, 15) is 29.1 Å². The molecule has 3 aliphatic heterocycles. The molecule has 380 valence electrons. The van der Waals surface area contributed by atoms with E-state index < -0.39 is 30.1 Å². The van der Waals surface area contributed by atoms with Gasteiger partial charge in [-0.1, -0.05) is 93.0 Å². The number of aliphatic hydroxyl groups excluding tert-OH is 1. The first-order valence-electron chi connectivity index (χ1n) is 24.3. The molecule has 11 atom stereocenters. The van der Waals surface area contributed by atoms with Crippen molar-refractivity contribution in [3.63, 3.8) is 0 Å². The van der Waals surface area contributed by atoms with Gasteiger partial charge in [-0.2, -0.15) is 11.8 Å². The maximum atomic E-state index is 13.0. The van der Waals surface area contributed by atoms with Gasteiger partial charge in [0.2, 0.25) is 17.7 Å². The van der Waals surface area contributed by atoms with Gasteiger partial charge in [0, 0.05) is 67.2 Å². The zero-order chi connectivity index (χ0) is 49.5. The molecule has 0 aromatic carbocycles. The lowest BCUT2D eigenvalue weighted by Crippen LogP contribution is -2.48. The third-order valence-electron chi connectivity index (χ3n) is 12.8. The van der Waals surface area contributed by atoms with Crippen LogP contribution in [0.3, 0.4) is 0 Å². The van der Waals surface area contributed by atoms with E-state index in [0.717, 1.165) is 36.2 Å². The van der Waals surface area contributed by atoms with Crippen molar-refractivity contribution < 1.29 is 52.8 Å². The van der Waals surface area contributed by atoms with Gasteiger partial charge in [-0.25, -0.2) is 9.59 Å². The number of nitrogens with one attached hydrogen (secondary N) is 5. The summed E-state index contributed by atoms with van der Waals surface area (Å²) < 4.78 is 28.3. The molecule has 68 heavy (non-hydrogen) atoms. The van der Waals surface area contributed by atoms with Crippen molar-refractivity contribution >= 4 is 41.5 Å². The fourth-order valence-corrected chi connectivity index (χ4v) is 10.4. The van der Waals surface area contributed by atoms with E-state index in [0.29, 0.717) is 70.9 Å². The summed E-state index contributed by atoms with van der Waals surface area (Å²) in [6.45, 7) is 16.6. The molecule has 3 heterocycles. The molecular formula is C51H79N5O11S. The van der Waals surface area contributed by atoms with E-state index >= 15 is 0 Å². The van der Waals surface area contributed by atoms with Crippen LogP contribution in [0.15, 0.2) is 71.9 Å². The second-order valence-electron chi connectivity index (χ2n) is 18.7. The smallest absolute Gasteiger partial charge is 0.331 e. The number of allylic oxidation sites excluding steroid dienone is 9. The maximum absolute atomic E-state index is 13.0. The number of fused-ring (bicyclic) bond motifs is 2. The van der Waals surface area contributed by atoms with E-state index in [2.05, 4.69) is 57.8 Å². The Kier molecular flexibility index (Phi) is 24.6. The van der Waals surface area contributed by atoms with E-state index in [1.54, 1.807) is 13.0 Å². The number of urea groups is 1. The molecule has 2 fully saturated rings. The highest BCUT2D eigenvalue weighted by Gasteiger charge is 2.42. The third-order valence-corrected chi connectivity index (χ3v) is 14.3.